The van der Waals surface area contributed by atoms with Gasteiger partial charge in [-0.25, -0.2) is 0 Å². The lowest BCUT2D eigenvalue weighted by molar-refractivity contribution is 0.210. The first-order chi connectivity index (χ1) is 8.80. The quantitative estimate of drug-likeness (QED) is 0.640. The molecule has 0 saturated heterocycles. The van der Waals surface area contributed by atoms with E-state index in [2.05, 4.69) is 32.5 Å². The highest BCUT2D eigenvalue weighted by atomic mass is 16.5. The standard InChI is InChI=1S/C11H21N5O2/c1-4-6-12-9-14-10(13-7-8-17-3)16-11(15-9)18-5-2/h4-8H2,1-3H3,(H2,12,13,14,15,16). The molecule has 0 aliphatic carbocycles. The van der Waals surface area contributed by atoms with Gasteiger partial charge in [0.05, 0.1) is 13.2 Å². The Bertz CT molecular complexity index is 348. The maximum Gasteiger partial charge on any atom is 0.323 e. The van der Waals surface area contributed by atoms with Crippen molar-refractivity contribution in [1.29, 1.82) is 0 Å². The molecule has 0 fully saturated rings. The molecule has 0 spiro atoms. The van der Waals surface area contributed by atoms with Crippen LogP contribution in [0.4, 0.5) is 11.9 Å². The smallest absolute Gasteiger partial charge is 0.323 e. The molecule has 0 radical (unpaired) electrons. The molecule has 1 heterocycles. The topological polar surface area (TPSA) is 81.2 Å². The van der Waals surface area contributed by atoms with Crippen molar-refractivity contribution in [3.8, 4) is 6.01 Å². The van der Waals surface area contributed by atoms with Gasteiger partial charge < -0.3 is 20.1 Å². The third-order valence-electron chi connectivity index (χ3n) is 2.01. The molecule has 102 valence electrons. The number of rotatable bonds is 9. The number of hydrogen-bond acceptors (Lipinski definition) is 7. The summed E-state index contributed by atoms with van der Waals surface area (Å²) in [6.45, 7) is 6.53. The van der Waals surface area contributed by atoms with Crippen LogP contribution in [0.1, 0.15) is 20.3 Å². The fourth-order valence-corrected chi connectivity index (χ4v) is 1.21. The molecule has 0 unspecified atom stereocenters. The monoisotopic (exact) mass is 255 g/mol. The van der Waals surface area contributed by atoms with E-state index >= 15 is 0 Å². The number of nitrogens with zero attached hydrogens (tertiary/aromatic N) is 3. The van der Waals surface area contributed by atoms with Crippen molar-refractivity contribution in [1.82, 2.24) is 15.0 Å². The summed E-state index contributed by atoms with van der Waals surface area (Å²) in [5.74, 6) is 1.01. The highest BCUT2D eigenvalue weighted by Gasteiger charge is 2.06. The second-order valence-electron chi connectivity index (χ2n) is 3.54. The molecule has 0 amide bonds. The van der Waals surface area contributed by atoms with Crippen LogP contribution in [0.2, 0.25) is 0 Å². The summed E-state index contributed by atoms with van der Waals surface area (Å²) in [6, 6.07) is 0.325. The second kappa shape index (κ2) is 8.46. The number of nitrogens with one attached hydrogen (secondary N) is 2. The van der Waals surface area contributed by atoms with Crippen molar-refractivity contribution >= 4 is 11.9 Å². The number of aromatic nitrogens is 3. The normalized spacial score (nSPS) is 10.2. The average molecular weight is 255 g/mol. The lowest BCUT2D eigenvalue weighted by atomic mass is 10.5. The molecule has 0 saturated carbocycles. The highest BCUT2D eigenvalue weighted by molar-refractivity contribution is 5.35. The number of anilines is 2. The molecule has 0 aromatic carbocycles. The Kier molecular flexibility index (Phi) is 6.78. The predicted molar refractivity (Wildman–Crippen MR) is 70.1 cm³/mol. The zero-order chi connectivity index (χ0) is 13.2. The Morgan fingerprint density at radius 2 is 1.67 bits per heavy atom. The van der Waals surface area contributed by atoms with E-state index in [1.165, 1.54) is 0 Å². The molecule has 7 heteroatoms. The van der Waals surface area contributed by atoms with Crippen LogP contribution in [0.3, 0.4) is 0 Å². The van der Waals surface area contributed by atoms with Crippen molar-refractivity contribution in [3.63, 3.8) is 0 Å². The first-order valence-electron chi connectivity index (χ1n) is 6.15. The summed E-state index contributed by atoms with van der Waals surface area (Å²) in [5, 5.41) is 6.16. The average Bonchev–Trinajstić information content (AvgIpc) is 2.37. The summed E-state index contributed by atoms with van der Waals surface area (Å²) >= 11 is 0. The van der Waals surface area contributed by atoms with Gasteiger partial charge in [-0.1, -0.05) is 6.92 Å². The fourth-order valence-electron chi connectivity index (χ4n) is 1.21. The van der Waals surface area contributed by atoms with Gasteiger partial charge in [-0.15, -0.1) is 0 Å². The van der Waals surface area contributed by atoms with E-state index in [4.69, 9.17) is 9.47 Å². The first kappa shape index (κ1) is 14.4. The van der Waals surface area contributed by atoms with E-state index in [0.717, 1.165) is 13.0 Å². The molecular weight excluding hydrogens is 234 g/mol. The van der Waals surface area contributed by atoms with Gasteiger partial charge >= 0.3 is 6.01 Å². The summed E-state index contributed by atoms with van der Waals surface area (Å²) in [6.07, 6.45) is 1.00. The third-order valence-corrected chi connectivity index (χ3v) is 2.01. The minimum absolute atomic E-state index is 0.325. The molecule has 0 aliphatic heterocycles. The molecule has 7 nitrogen and oxygen atoms in total. The van der Waals surface area contributed by atoms with Crippen molar-refractivity contribution in [2.75, 3.05) is 44.0 Å². The second-order valence-corrected chi connectivity index (χ2v) is 3.54. The van der Waals surface area contributed by atoms with Crippen LogP contribution in [-0.2, 0) is 4.74 Å². The van der Waals surface area contributed by atoms with Gasteiger partial charge in [-0.05, 0) is 13.3 Å². The molecule has 0 aliphatic rings. The summed E-state index contributed by atoms with van der Waals surface area (Å²) in [5.41, 5.74) is 0. The van der Waals surface area contributed by atoms with Crippen molar-refractivity contribution in [2.24, 2.45) is 0 Å². The Morgan fingerprint density at radius 1 is 1.00 bits per heavy atom. The van der Waals surface area contributed by atoms with Gasteiger partial charge in [-0.3, -0.25) is 0 Å². The Morgan fingerprint density at radius 3 is 2.22 bits per heavy atom. The molecule has 2 N–H and O–H groups in total. The molecule has 1 rings (SSSR count). The van der Waals surface area contributed by atoms with E-state index in [9.17, 15) is 0 Å². The summed E-state index contributed by atoms with van der Waals surface area (Å²) in [7, 11) is 1.65. The lowest BCUT2D eigenvalue weighted by Crippen LogP contribution is -2.14. The minimum atomic E-state index is 0.325. The van der Waals surface area contributed by atoms with Gasteiger partial charge in [0, 0.05) is 20.2 Å². The van der Waals surface area contributed by atoms with Crippen LogP contribution in [-0.4, -0.2) is 48.4 Å². The zero-order valence-electron chi connectivity index (χ0n) is 11.2. The number of ether oxygens (including phenoxy) is 2. The number of methoxy groups -OCH3 is 1. The Balaban J connectivity index is 2.70. The van der Waals surface area contributed by atoms with Gasteiger partial charge in [0.15, 0.2) is 0 Å². The van der Waals surface area contributed by atoms with E-state index < -0.39 is 0 Å². The SMILES string of the molecule is CCCNc1nc(NCCOC)nc(OCC)n1. The van der Waals surface area contributed by atoms with Crippen LogP contribution < -0.4 is 15.4 Å². The van der Waals surface area contributed by atoms with Crippen LogP contribution in [0.5, 0.6) is 6.01 Å². The predicted octanol–water partition coefficient (Wildman–Crippen LogP) is 1.15. The van der Waals surface area contributed by atoms with Crippen LogP contribution in [0.25, 0.3) is 0 Å². The summed E-state index contributed by atoms with van der Waals surface area (Å²) in [4.78, 5) is 12.6. The highest BCUT2D eigenvalue weighted by Crippen LogP contribution is 2.10. The Hall–Kier alpha value is -1.63. The van der Waals surface area contributed by atoms with Crippen LogP contribution in [0.15, 0.2) is 0 Å². The van der Waals surface area contributed by atoms with Crippen molar-refractivity contribution < 1.29 is 9.47 Å². The van der Waals surface area contributed by atoms with Gasteiger partial charge in [0.1, 0.15) is 0 Å². The maximum absolute atomic E-state index is 5.30. The van der Waals surface area contributed by atoms with Crippen LogP contribution in [0, 0.1) is 0 Å². The molecular formula is C11H21N5O2. The van der Waals surface area contributed by atoms with Crippen molar-refractivity contribution in [2.45, 2.75) is 20.3 Å². The molecule has 0 bridgehead atoms. The Labute approximate surface area is 107 Å². The zero-order valence-corrected chi connectivity index (χ0v) is 11.2. The maximum atomic E-state index is 5.30. The van der Waals surface area contributed by atoms with Crippen LogP contribution >= 0.6 is 0 Å². The van der Waals surface area contributed by atoms with E-state index in [1.54, 1.807) is 7.11 Å². The fraction of sp³-hybridized carbons (Fsp3) is 0.727. The first-order valence-corrected chi connectivity index (χ1v) is 6.15. The van der Waals surface area contributed by atoms with E-state index in [-0.39, 0.29) is 0 Å². The van der Waals surface area contributed by atoms with Gasteiger partial charge in [0.2, 0.25) is 11.9 Å². The third kappa shape index (κ3) is 5.13. The largest absolute Gasteiger partial charge is 0.464 e. The van der Waals surface area contributed by atoms with E-state index in [0.29, 0.717) is 37.7 Å². The molecule has 0 atom stereocenters. The van der Waals surface area contributed by atoms with Gasteiger partial charge in [0.25, 0.3) is 0 Å². The lowest BCUT2D eigenvalue weighted by Gasteiger charge is -2.09. The summed E-state index contributed by atoms with van der Waals surface area (Å²) < 4.78 is 10.3. The minimum Gasteiger partial charge on any atom is -0.464 e. The molecule has 18 heavy (non-hydrogen) atoms. The van der Waals surface area contributed by atoms with Crippen molar-refractivity contribution in [3.05, 3.63) is 0 Å². The van der Waals surface area contributed by atoms with E-state index in [1.807, 2.05) is 6.92 Å². The molecule has 1 aromatic rings. The molecule has 1 aromatic heterocycles. The number of hydrogen-bond donors (Lipinski definition) is 2. The van der Waals surface area contributed by atoms with Gasteiger partial charge in [-0.2, -0.15) is 15.0 Å².